The summed E-state index contributed by atoms with van der Waals surface area (Å²) in [7, 11) is 1.71. The number of hydrogen-bond acceptors (Lipinski definition) is 9. The van der Waals surface area contributed by atoms with E-state index < -0.39 is 11.2 Å². The maximum atomic E-state index is 14.9. The first-order valence-corrected chi connectivity index (χ1v) is 19.0. The largest absolute Gasteiger partial charge is 0.337 e. The first kappa shape index (κ1) is 34.5. The minimum absolute atomic E-state index is 0.0869. The fourth-order valence-electron chi connectivity index (χ4n) is 9.16. The summed E-state index contributed by atoms with van der Waals surface area (Å²) in [5.74, 6) is 0.0120. The highest BCUT2D eigenvalue weighted by Crippen LogP contribution is 2.52. The van der Waals surface area contributed by atoms with Crippen LogP contribution in [0.15, 0.2) is 55.2 Å². The van der Waals surface area contributed by atoms with Crippen LogP contribution in [-0.4, -0.2) is 94.4 Å². The predicted octanol–water partition coefficient (Wildman–Crippen LogP) is 5.87. The number of imidazole rings is 1. The molecule has 2 saturated heterocycles. The van der Waals surface area contributed by atoms with E-state index in [0.717, 1.165) is 53.8 Å². The number of carbonyl (C=O) groups excluding carboxylic acids is 2. The van der Waals surface area contributed by atoms with Crippen molar-refractivity contribution < 1.29 is 14.0 Å². The number of piperidine rings is 1. The molecule has 280 valence electrons. The fourth-order valence-corrected chi connectivity index (χ4v) is 9.16. The van der Waals surface area contributed by atoms with Crippen LogP contribution in [0.3, 0.4) is 0 Å². The Morgan fingerprint density at radius 1 is 1.02 bits per heavy atom. The lowest BCUT2D eigenvalue weighted by atomic mass is 9.73. The number of fused-ring (bicyclic) bond motifs is 3. The van der Waals surface area contributed by atoms with E-state index >= 15 is 0 Å². The summed E-state index contributed by atoms with van der Waals surface area (Å²) in [5.41, 5.74) is 5.23. The number of hydrogen-bond donors (Lipinski definition) is 1. The van der Waals surface area contributed by atoms with Crippen LogP contribution in [0.5, 0.6) is 0 Å². The van der Waals surface area contributed by atoms with Gasteiger partial charge in [0.05, 0.1) is 41.0 Å². The minimum atomic E-state index is -0.727. The zero-order valence-corrected chi connectivity index (χ0v) is 31.5. The monoisotopic (exact) mass is 731 g/mol. The Balaban J connectivity index is 1.08. The van der Waals surface area contributed by atoms with Gasteiger partial charge in [-0.1, -0.05) is 31.2 Å². The first-order valence-electron chi connectivity index (χ1n) is 19.0. The molecule has 1 aromatic carbocycles. The van der Waals surface area contributed by atoms with E-state index in [-0.39, 0.29) is 29.6 Å². The van der Waals surface area contributed by atoms with Crippen molar-refractivity contribution in [3.05, 3.63) is 72.3 Å². The van der Waals surface area contributed by atoms with Crippen molar-refractivity contribution in [2.75, 3.05) is 36.4 Å². The summed E-state index contributed by atoms with van der Waals surface area (Å²) in [6.07, 6.45) is 10.1. The SMILES string of the molecule is CC(C)n1cnc2cc(-c3ccc4c(c3)N(C3CC(N5CCC(C)(C)C5)C3)C(=O)C43CCN(C(=O)c4cnnn4C)CC3)nc(Nc3ccncc3F)c21. The normalized spacial score (nSPS) is 22.0. The Kier molecular flexibility index (Phi) is 8.10. The molecule has 54 heavy (non-hydrogen) atoms. The molecule has 14 heteroatoms. The van der Waals surface area contributed by atoms with Crippen LogP contribution in [-0.2, 0) is 17.3 Å². The molecule has 13 nitrogen and oxygen atoms in total. The lowest BCUT2D eigenvalue weighted by molar-refractivity contribution is -0.125. The summed E-state index contributed by atoms with van der Waals surface area (Å²) in [6.45, 7) is 11.9. The number of rotatable bonds is 7. The zero-order chi connectivity index (χ0) is 37.5. The highest BCUT2D eigenvalue weighted by Gasteiger charge is 2.56. The van der Waals surface area contributed by atoms with Crippen LogP contribution in [0.2, 0.25) is 0 Å². The molecule has 1 N–H and O–H groups in total. The molecule has 0 atom stereocenters. The van der Waals surface area contributed by atoms with E-state index in [1.165, 1.54) is 23.5 Å². The van der Waals surface area contributed by atoms with E-state index in [4.69, 9.17) is 9.97 Å². The third-order valence-electron chi connectivity index (χ3n) is 12.3. The highest BCUT2D eigenvalue weighted by atomic mass is 19.1. The van der Waals surface area contributed by atoms with Gasteiger partial charge in [0.2, 0.25) is 5.91 Å². The maximum Gasteiger partial charge on any atom is 0.273 e. The van der Waals surface area contributed by atoms with Gasteiger partial charge in [0, 0.05) is 62.3 Å². The predicted molar refractivity (Wildman–Crippen MR) is 203 cm³/mol. The first-order chi connectivity index (χ1) is 25.9. The Labute approximate surface area is 313 Å². The zero-order valence-electron chi connectivity index (χ0n) is 31.5. The number of nitrogens with one attached hydrogen (secondary N) is 1. The summed E-state index contributed by atoms with van der Waals surface area (Å²) in [4.78, 5) is 48.6. The molecular weight excluding hydrogens is 686 g/mol. The van der Waals surface area contributed by atoms with Crippen molar-refractivity contribution in [1.29, 1.82) is 0 Å². The van der Waals surface area contributed by atoms with Crippen LogP contribution in [0.4, 0.5) is 21.6 Å². The molecule has 0 unspecified atom stereocenters. The Morgan fingerprint density at radius 2 is 1.81 bits per heavy atom. The quantitative estimate of drug-likeness (QED) is 0.219. The molecule has 3 aliphatic heterocycles. The van der Waals surface area contributed by atoms with Crippen molar-refractivity contribution in [3.8, 4) is 11.3 Å². The lowest BCUT2D eigenvalue weighted by Crippen LogP contribution is -2.57. The number of halogens is 1. The van der Waals surface area contributed by atoms with Crippen molar-refractivity contribution >= 4 is 40.0 Å². The third-order valence-corrected chi connectivity index (χ3v) is 12.3. The van der Waals surface area contributed by atoms with E-state index in [2.05, 4.69) is 70.2 Å². The summed E-state index contributed by atoms with van der Waals surface area (Å²) in [6, 6.07) is 10.4. The van der Waals surface area contributed by atoms with Gasteiger partial charge in [-0.25, -0.2) is 19.0 Å². The number of aryl methyl sites for hydroxylation is 1. The lowest BCUT2D eigenvalue weighted by Gasteiger charge is -2.46. The summed E-state index contributed by atoms with van der Waals surface area (Å²) >= 11 is 0. The van der Waals surface area contributed by atoms with Gasteiger partial charge in [0.15, 0.2) is 11.6 Å². The molecule has 3 fully saturated rings. The Morgan fingerprint density at radius 3 is 2.50 bits per heavy atom. The second-order valence-electron chi connectivity index (χ2n) is 16.6. The molecule has 1 saturated carbocycles. The average molecular weight is 732 g/mol. The topological polar surface area (TPSA) is 130 Å². The van der Waals surface area contributed by atoms with Crippen LogP contribution in [0, 0.1) is 11.2 Å². The van der Waals surface area contributed by atoms with Crippen LogP contribution in [0.1, 0.15) is 81.9 Å². The molecule has 0 bridgehead atoms. The number of amides is 2. The Hall–Kier alpha value is -5.24. The highest BCUT2D eigenvalue weighted by molar-refractivity contribution is 6.09. The number of nitrogens with zero attached hydrogens (tertiary/aromatic N) is 10. The second kappa shape index (κ2) is 12.7. The molecule has 4 aromatic heterocycles. The second-order valence-corrected chi connectivity index (χ2v) is 16.6. The van der Waals surface area contributed by atoms with Crippen molar-refractivity contribution in [1.82, 2.24) is 44.3 Å². The van der Waals surface area contributed by atoms with E-state index in [9.17, 15) is 14.0 Å². The maximum absolute atomic E-state index is 14.9. The van der Waals surface area contributed by atoms with E-state index in [1.807, 2.05) is 21.6 Å². The number of aromatic nitrogens is 7. The van der Waals surface area contributed by atoms with E-state index in [0.29, 0.717) is 54.6 Å². The molecule has 4 aliphatic rings. The minimum Gasteiger partial charge on any atom is -0.337 e. The molecule has 1 aliphatic carbocycles. The third kappa shape index (κ3) is 5.56. The van der Waals surface area contributed by atoms with Gasteiger partial charge >= 0.3 is 0 Å². The molecule has 2 amide bonds. The number of benzene rings is 1. The van der Waals surface area contributed by atoms with Crippen LogP contribution < -0.4 is 10.2 Å². The molecule has 7 heterocycles. The fraction of sp³-hybridized carbons (Fsp3) is 0.475. The van der Waals surface area contributed by atoms with Gasteiger partial charge in [-0.2, -0.15) is 0 Å². The molecule has 9 rings (SSSR count). The number of pyridine rings is 2. The van der Waals surface area contributed by atoms with Gasteiger partial charge < -0.3 is 19.7 Å². The van der Waals surface area contributed by atoms with Crippen molar-refractivity contribution in [2.24, 2.45) is 12.5 Å². The molecule has 5 aromatic rings. The van der Waals surface area contributed by atoms with Crippen molar-refractivity contribution in [3.63, 3.8) is 0 Å². The standard InChI is InChI=1S/C40H46FN11O2/c1-24(2)51-23-43-32-19-31(46-36(35(32)51)45-30-8-12-42-20-29(30)41)25-6-7-28-33(16-25)52(27-17-26(18-27)50-13-9-39(3,4)22-50)38(54)40(28)10-14-49(15-11-40)37(53)34-21-44-47-48(34)5/h6-8,12,16,19-21,23-24,26-27H,9-11,13-15,17-18,22H2,1-5H3,(H,42,45,46). The molecular formula is C40H46FN11O2. The van der Waals surface area contributed by atoms with Crippen molar-refractivity contribution in [2.45, 2.75) is 83.3 Å². The smallest absolute Gasteiger partial charge is 0.273 e. The van der Waals surface area contributed by atoms with Gasteiger partial charge in [-0.05, 0) is 81.7 Å². The van der Waals surface area contributed by atoms with Crippen LogP contribution in [0.25, 0.3) is 22.3 Å². The summed E-state index contributed by atoms with van der Waals surface area (Å²) < 4.78 is 18.4. The molecule has 1 spiro atoms. The number of carbonyl (C=O) groups is 2. The average Bonchev–Trinajstić information content (AvgIpc) is 3.91. The number of anilines is 3. The van der Waals surface area contributed by atoms with E-state index in [1.54, 1.807) is 25.6 Å². The van der Waals surface area contributed by atoms with Gasteiger partial charge in [0.25, 0.3) is 5.91 Å². The summed E-state index contributed by atoms with van der Waals surface area (Å²) in [5, 5.41) is 11.1. The number of likely N-dealkylation sites (tertiary alicyclic amines) is 2. The van der Waals surface area contributed by atoms with Gasteiger partial charge in [0.1, 0.15) is 11.2 Å². The van der Waals surface area contributed by atoms with Gasteiger partial charge in [-0.15, -0.1) is 5.10 Å². The van der Waals surface area contributed by atoms with Gasteiger partial charge in [-0.3, -0.25) is 19.5 Å². The Bertz CT molecular complexity index is 2280. The van der Waals surface area contributed by atoms with Crippen LogP contribution >= 0.6 is 0 Å². The molecule has 0 radical (unpaired) electrons.